The number of benzene rings is 1. The average molecular weight is 268 g/mol. The molecule has 0 aliphatic heterocycles. The second-order valence-electron chi connectivity index (χ2n) is 4.89. The molecule has 0 unspecified atom stereocenters. The molecule has 5 heteroatoms. The van der Waals surface area contributed by atoms with Gasteiger partial charge in [0.2, 0.25) is 5.88 Å². The zero-order chi connectivity index (χ0) is 13.5. The van der Waals surface area contributed by atoms with Gasteiger partial charge >= 0.3 is 0 Å². The minimum atomic E-state index is -0.313. The van der Waals surface area contributed by atoms with Gasteiger partial charge in [-0.15, -0.1) is 0 Å². The van der Waals surface area contributed by atoms with Crippen LogP contribution in [0.2, 0.25) is 0 Å². The van der Waals surface area contributed by atoms with Crippen LogP contribution in [0.1, 0.15) is 28.2 Å². The van der Waals surface area contributed by atoms with Gasteiger partial charge in [-0.05, 0) is 31.4 Å². The second-order valence-corrected chi connectivity index (χ2v) is 4.89. The lowest BCUT2D eigenvalue weighted by Crippen LogP contribution is -2.11. The van der Waals surface area contributed by atoms with Crippen LogP contribution < -0.4 is 5.32 Å². The molecule has 2 aromatic heterocycles. The third-order valence-corrected chi connectivity index (χ3v) is 3.59. The SMILES string of the molecule is O=C(Nc1onc2c1CCC2)c1cc2ccccc2o1. The number of hydrogen-bond donors (Lipinski definition) is 1. The van der Waals surface area contributed by atoms with Crippen LogP contribution in [0.5, 0.6) is 0 Å². The van der Waals surface area contributed by atoms with Crippen molar-refractivity contribution in [2.24, 2.45) is 0 Å². The summed E-state index contributed by atoms with van der Waals surface area (Å²) in [6.45, 7) is 0. The van der Waals surface area contributed by atoms with Crippen molar-refractivity contribution in [2.75, 3.05) is 5.32 Å². The number of nitrogens with one attached hydrogen (secondary N) is 1. The number of para-hydroxylation sites is 1. The minimum absolute atomic E-state index is 0.273. The molecule has 1 aliphatic rings. The van der Waals surface area contributed by atoms with E-state index >= 15 is 0 Å². The fourth-order valence-electron chi connectivity index (χ4n) is 2.59. The van der Waals surface area contributed by atoms with E-state index in [1.54, 1.807) is 6.07 Å². The van der Waals surface area contributed by atoms with Gasteiger partial charge < -0.3 is 8.94 Å². The molecule has 0 atom stereocenters. The van der Waals surface area contributed by atoms with E-state index in [0.29, 0.717) is 11.5 Å². The highest BCUT2D eigenvalue weighted by Crippen LogP contribution is 2.29. The number of nitrogens with zero attached hydrogens (tertiary/aromatic N) is 1. The Balaban J connectivity index is 1.63. The third-order valence-electron chi connectivity index (χ3n) is 3.59. The number of aryl methyl sites for hydroxylation is 1. The summed E-state index contributed by atoms with van der Waals surface area (Å²) in [6, 6.07) is 9.24. The predicted octanol–water partition coefficient (Wildman–Crippen LogP) is 3.16. The van der Waals surface area contributed by atoms with Crippen LogP contribution in [0.4, 0.5) is 5.88 Å². The monoisotopic (exact) mass is 268 g/mol. The largest absolute Gasteiger partial charge is 0.451 e. The smallest absolute Gasteiger partial charge is 0.293 e. The van der Waals surface area contributed by atoms with Crippen molar-refractivity contribution >= 4 is 22.8 Å². The fraction of sp³-hybridized carbons (Fsp3) is 0.200. The number of amides is 1. The van der Waals surface area contributed by atoms with Crippen molar-refractivity contribution in [3.8, 4) is 0 Å². The van der Waals surface area contributed by atoms with Gasteiger partial charge in [-0.3, -0.25) is 10.1 Å². The summed E-state index contributed by atoms with van der Waals surface area (Å²) in [7, 11) is 0. The maximum absolute atomic E-state index is 12.2. The van der Waals surface area contributed by atoms with Gasteiger partial charge in [-0.2, -0.15) is 0 Å². The molecule has 0 spiro atoms. The molecule has 20 heavy (non-hydrogen) atoms. The van der Waals surface area contributed by atoms with E-state index < -0.39 is 0 Å². The number of carbonyl (C=O) groups excluding carboxylic acids is 1. The molecular formula is C15H12N2O3. The first kappa shape index (κ1) is 11.3. The molecule has 100 valence electrons. The maximum Gasteiger partial charge on any atom is 0.293 e. The average Bonchev–Trinajstić information content (AvgIpc) is 3.13. The first-order valence-corrected chi connectivity index (χ1v) is 6.58. The Bertz CT molecular complexity index is 767. The lowest BCUT2D eigenvalue weighted by molar-refractivity contribution is 0.0995. The highest BCUT2D eigenvalue weighted by Gasteiger charge is 2.23. The topological polar surface area (TPSA) is 68.3 Å². The molecule has 0 bridgehead atoms. The van der Waals surface area contributed by atoms with E-state index in [1.807, 2.05) is 24.3 Å². The van der Waals surface area contributed by atoms with Gasteiger partial charge in [0.15, 0.2) is 5.76 Å². The number of hydrogen-bond acceptors (Lipinski definition) is 4. The van der Waals surface area contributed by atoms with Gasteiger partial charge in [-0.1, -0.05) is 23.4 Å². The fourth-order valence-corrected chi connectivity index (χ4v) is 2.59. The molecule has 0 fully saturated rings. The van der Waals surface area contributed by atoms with Gasteiger partial charge in [0, 0.05) is 10.9 Å². The van der Waals surface area contributed by atoms with Crippen LogP contribution in [0.15, 0.2) is 39.3 Å². The Morgan fingerprint density at radius 2 is 2.15 bits per heavy atom. The summed E-state index contributed by atoms with van der Waals surface area (Å²) in [6.07, 6.45) is 2.87. The van der Waals surface area contributed by atoms with Crippen LogP contribution in [0.3, 0.4) is 0 Å². The van der Waals surface area contributed by atoms with E-state index in [0.717, 1.165) is 35.9 Å². The Morgan fingerprint density at radius 1 is 1.25 bits per heavy atom. The van der Waals surface area contributed by atoms with Gasteiger partial charge in [0.1, 0.15) is 5.58 Å². The Labute approximate surface area is 114 Å². The van der Waals surface area contributed by atoms with Crippen LogP contribution in [-0.2, 0) is 12.8 Å². The standard InChI is InChI=1S/C15H12N2O3/c18-14(13-8-9-4-1-2-7-12(9)19-13)16-15-10-5-3-6-11(10)17-20-15/h1-2,4,7-8H,3,5-6H2,(H,16,18). The highest BCUT2D eigenvalue weighted by atomic mass is 16.5. The van der Waals surface area contributed by atoms with Crippen molar-refractivity contribution in [2.45, 2.75) is 19.3 Å². The molecule has 0 radical (unpaired) electrons. The molecular weight excluding hydrogens is 256 g/mol. The van der Waals surface area contributed by atoms with Crippen molar-refractivity contribution in [1.29, 1.82) is 0 Å². The van der Waals surface area contributed by atoms with Crippen molar-refractivity contribution in [1.82, 2.24) is 5.16 Å². The first-order valence-electron chi connectivity index (χ1n) is 6.58. The van der Waals surface area contributed by atoms with Crippen molar-refractivity contribution < 1.29 is 13.7 Å². The molecule has 5 nitrogen and oxygen atoms in total. The number of carbonyl (C=O) groups is 1. The number of furan rings is 1. The number of aromatic nitrogens is 1. The van der Waals surface area contributed by atoms with Crippen LogP contribution >= 0.6 is 0 Å². The molecule has 4 rings (SSSR count). The van der Waals surface area contributed by atoms with E-state index in [2.05, 4.69) is 10.5 Å². The lowest BCUT2D eigenvalue weighted by Gasteiger charge is -1.99. The summed E-state index contributed by atoms with van der Waals surface area (Å²) in [4.78, 5) is 12.2. The molecule has 1 aromatic carbocycles. The molecule has 0 saturated heterocycles. The molecule has 1 amide bonds. The summed E-state index contributed by atoms with van der Waals surface area (Å²) in [5.41, 5.74) is 2.65. The van der Waals surface area contributed by atoms with E-state index in [-0.39, 0.29) is 11.7 Å². The Kier molecular flexibility index (Phi) is 2.39. The minimum Gasteiger partial charge on any atom is -0.451 e. The predicted molar refractivity (Wildman–Crippen MR) is 72.7 cm³/mol. The zero-order valence-electron chi connectivity index (χ0n) is 10.7. The molecule has 1 N–H and O–H groups in total. The maximum atomic E-state index is 12.2. The Hall–Kier alpha value is -2.56. The number of anilines is 1. The summed E-state index contributed by atoms with van der Waals surface area (Å²) >= 11 is 0. The third kappa shape index (κ3) is 1.71. The van der Waals surface area contributed by atoms with E-state index in [1.165, 1.54) is 0 Å². The number of fused-ring (bicyclic) bond motifs is 2. The number of rotatable bonds is 2. The summed E-state index contributed by atoms with van der Waals surface area (Å²) in [5.74, 6) is 0.407. The summed E-state index contributed by atoms with van der Waals surface area (Å²) < 4.78 is 10.7. The molecule has 2 heterocycles. The quantitative estimate of drug-likeness (QED) is 0.775. The van der Waals surface area contributed by atoms with E-state index in [9.17, 15) is 4.79 Å². The second kappa shape index (κ2) is 4.23. The van der Waals surface area contributed by atoms with Crippen LogP contribution in [0.25, 0.3) is 11.0 Å². The Morgan fingerprint density at radius 3 is 3.05 bits per heavy atom. The molecule has 1 aliphatic carbocycles. The van der Waals surface area contributed by atoms with Gasteiger partial charge in [0.05, 0.1) is 5.69 Å². The molecule has 3 aromatic rings. The first-order chi connectivity index (χ1) is 9.81. The highest BCUT2D eigenvalue weighted by molar-refractivity contribution is 6.04. The molecule has 0 saturated carbocycles. The van der Waals surface area contributed by atoms with Crippen LogP contribution in [-0.4, -0.2) is 11.1 Å². The zero-order valence-corrected chi connectivity index (χ0v) is 10.7. The normalized spacial score (nSPS) is 13.6. The van der Waals surface area contributed by atoms with E-state index in [4.69, 9.17) is 8.94 Å². The lowest BCUT2D eigenvalue weighted by atomic mass is 10.2. The van der Waals surface area contributed by atoms with Crippen molar-refractivity contribution in [3.05, 3.63) is 47.3 Å². The van der Waals surface area contributed by atoms with Crippen LogP contribution in [0, 0.1) is 0 Å². The van der Waals surface area contributed by atoms with Gasteiger partial charge in [0.25, 0.3) is 5.91 Å². The summed E-state index contributed by atoms with van der Waals surface area (Å²) in [5, 5.41) is 7.61. The van der Waals surface area contributed by atoms with Gasteiger partial charge in [-0.25, -0.2) is 0 Å². The van der Waals surface area contributed by atoms with Crippen molar-refractivity contribution in [3.63, 3.8) is 0 Å².